The minimum Gasteiger partial charge on any atom is -0.493 e. The number of urea groups is 1. The van der Waals surface area contributed by atoms with E-state index in [-0.39, 0.29) is 18.8 Å². The van der Waals surface area contributed by atoms with E-state index in [9.17, 15) is 9.59 Å². The summed E-state index contributed by atoms with van der Waals surface area (Å²) in [5.74, 6) is 0.684. The number of ether oxygens (including phenoxy) is 2. The van der Waals surface area contributed by atoms with Crippen LogP contribution in [0.3, 0.4) is 0 Å². The number of imide groups is 1. The summed E-state index contributed by atoms with van der Waals surface area (Å²) in [7, 11) is 1.54. The van der Waals surface area contributed by atoms with E-state index in [0.29, 0.717) is 22.1 Å². The fraction of sp³-hybridized carbons (Fsp3) is 0.143. The summed E-state index contributed by atoms with van der Waals surface area (Å²) in [6.45, 7) is 4.00. The van der Waals surface area contributed by atoms with E-state index in [2.05, 4.69) is 34.5 Å². The maximum atomic E-state index is 12.4. The lowest BCUT2D eigenvalue weighted by molar-refractivity contribution is -0.122. The molecule has 0 radical (unpaired) electrons. The molecule has 0 unspecified atom stereocenters. The molecule has 1 aliphatic heterocycles. The van der Waals surface area contributed by atoms with Crippen LogP contribution in [-0.2, 0) is 11.4 Å². The molecular weight excluding hydrogens is 507 g/mol. The second kappa shape index (κ2) is 9.32. The van der Waals surface area contributed by atoms with Crippen molar-refractivity contribution in [2.24, 2.45) is 0 Å². The largest absolute Gasteiger partial charge is 0.493 e. The minimum absolute atomic E-state index is 0.150. The van der Waals surface area contributed by atoms with Gasteiger partial charge in [0.05, 0.1) is 10.7 Å². The molecule has 0 spiro atoms. The third kappa shape index (κ3) is 4.73. The molecular formula is C21H18ClIN2O4. The van der Waals surface area contributed by atoms with Crippen molar-refractivity contribution in [3.05, 3.63) is 74.5 Å². The molecule has 1 fully saturated rings. The highest BCUT2D eigenvalue weighted by Gasteiger charge is 2.32. The molecule has 0 saturated carbocycles. The second-order valence-corrected chi connectivity index (χ2v) is 7.68. The number of nitrogens with zero attached hydrogens (tertiary/aromatic N) is 1. The SMILES string of the molecule is C=CCN1C(=O)N/C(=C/c2cc(I)c(OCc3ccccc3Cl)c(OC)c2)C1=O. The molecule has 6 nitrogen and oxygen atoms in total. The Kier molecular flexibility index (Phi) is 6.81. The highest BCUT2D eigenvalue weighted by molar-refractivity contribution is 14.1. The minimum atomic E-state index is -0.470. The number of amides is 3. The molecule has 3 rings (SSSR count). The molecule has 8 heteroatoms. The second-order valence-electron chi connectivity index (χ2n) is 6.11. The van der Waals surface area contributed by atoms with Crippen LogP contribution in [0.4, 0.5) is 4.79 Å². The summed E-state index contributed by atoms with van der Waals surface area (Å²) in [6.07, 6.45) is 3.10. The lowest BCUT2D eigenvalue weighted by Crippen LogP contribution is -2.30. The van der Waals surface area contributed by atoms with Crippen molar-refractivity contribution in [2.75, 3.05) is 13.7 Å². The fourth-order valence-corrected chi connectivity index (χ4v) is 3.73. The number of methoxy groups -OCH3 is 1. The molecule has 2 aromatic rings. The van der Waals surface area contributed by atoms with Gasteiger partial charge in [0.25, 0.3) is 5.91 Å². The Morgan fingerprint density at radius 2 is 2.03 bits per heavy atom. The fourth-order valence-electron chi connectivity index (χ4n) is 2.76. The molecule has 2 aromatic carbocycles. The van der Waals surface area contributed by atoms with Crippen molar-refractivity contribution in [1.82, 2.24) is 10.2 Å². The first-order valence-corrected chi connectivity index (χ1v) is 10.1. The molecule has 0 aliphatic carbocycles. The molecule has 150 valence electrons. The van der Waals surface area contributed by atoms with E-state index in [1.165, 1.54) is 6.08 Å². The zero-order valence-electron chi connectivity index (χ0n) is 15.6. The van der Waals surface area contributed by atoms with E-state index in [1.807, 2.05) is 24.3 Å². The molecule has 0 aromatic heterocycles. The van der Waals surface area contributed by atoms with E-state index in [0.717, 1.165) is 14.0 Å². The van der Waals surface area contributed by atoms with Crippen LogP contribution in [0, 0.1) is 3.57 Å². The summed E-state index contributed by atoms with van der Waals surface area (Å²) in [5.41, 5.74) is 1.75. The van der Waals surface area contributed by atoms with Gasteiger partial charge in [-0.2, -0.15) is 0 Å². The maximum absolute atomic E-state index is 12.4. The van der Waals surface area contributed by atoms with E-state index >= 15 is 0 Å². The van der Waals surface area contributed by atoms with Gasteiger partial charge in [0.2, 0.25) is 0 Å². The molecule has 1 saturated heterocycles. The van der Waals surface area contributed by atoms with Gasteiger partial charge in [-0.15, -0.1) is 6.58 Å². The summed E-state index contributed by atoms with van der Waals surface area (Å²) in [6, 6.07) is 10.6. The van der Waals surface area contributed by atoms with Gasteiger partial charge in [-0.05, 0) is 52.4 Å². The van der Waals surface area contributed by atoms with E-state index in [1.54, 1.807) is 25.3 Å². The first-order chi connectivity index (χ1) is 13.9. The van der Waals surface area contributed by atoms with Gasteiger partial charge in [-0.3, -0.25) is 9.69 Å². The monoisotopic (exact) mass is 524 g/mol. The summed E-state index contributed by atoms with van der Waals surface area (Å²) < 4.78 is 12.2. The molecule has 1 N–H and O–H groups in total. The van der Waals surface area contributed by atoms with Gasteiger partial charge in [0.1, 0.15) is 12.3 Å². The number of hydrogen-bond acceptors (Lipinski definition) is 4. The van der Waals surface area contributed by atoms with Crippen molar-refractivity contribution < 1.29 is 19.1 Å². The predicted octanol–water partition coefficient (Wildman–Crippen LogP) is 4.61. The highest BCUT2D eigenvalue weighted by atomic mass is 127. The number of halogens is 2. The third-order valence-corrected chi connectivity index (χ3v) is 5.34. The average Bonchev–Trinajstić information content (AvgIpc) is 2.95. The normalized spacial score (nSPS) is 14.9. The summed E-state index contributed by atoms with van der Waals surface area (Å²) in [4.78, 5) is 25.4. The van der Waals surface area contributed by atoms with Crippen LogP contribution in [0.5, 0.6) is 11.5 Å². The molecule has 1 aliphatic rings. The van der Waals surface area contributed by atoms with Crippen molar-refractivity contribution in [1.29, 1.82) is 0 Å². The van der Waals surface area contributed by atoms with Crippen LogP contribution < -0.4 is 14.8 Å². The van der Waals surface area contributed by atoms with Gasteiger partial charge in [-0.25, -0.2) is 4.79 Å². The van der Waals surface area contributed by atoms with E-state index < -0.39 is 11.9 Å². The van der Waals surface area contributed by atoms with Gasteiger partial charge in [0, 0.05) is 17.1 Å². The lowest BCUT2D eigenvalue weighted by atomic mass is 10.1. The van der Waals surface area contributed by atoms with Gasteiger partial charge >= 0.3 is 6.03 Å². The predicted molar refractivity (Wildman–Crippen MR) is 120 cm³/mol. The summed E-state index contributed by atoms with van der Waals surface area (Å²) in [5, 5.41) is 3.20. The number of carbonyl (C=O) groups is 2. The zero-order chi connectivity index (χ0) is 21.0. The van der Waals surface area contributed by atoms with Crippen LogP contribution in [-0.4, -0.2) is 30.5 Å². The quantitative estimate of drug-likeness (QED) is 0.249. The Morgan fingerprint density at radius 3 is 2.72 bits per heavy atom. The standard InChI is InChI=1S/C21H18ClIN2O4/c1-3-8-25-20(26)17(24-21(25)27)10-13-9-16(23)19(18(11-13)28-2)29-12-14-6-4-5-7-15(14)22/h3-7,9-11H,1,8,12H2,2H3,(H,24,27)/b17-10+. The van der Waals surface area contributed by atoms with Crippen molar-refractivity contribution in [3.63, 3.8) is 0 Å². The molecule has 0 bridgehead atoms. The van der Waals surface area contributed by atoms with Crippen molar-refractivity contribution in [2.45, 2.75) is 6.61 Å². The number of hydrogen-bond donors (Lipinski definition) is 1. The maximum Gasteiger partial charge on any atom is 0.329 e. The Balaban J connectivity index is 1.85. The van der Waals surface area contributed by atoms with Crippen LogP contribution in [0.2, 0.25) is 5.02 Å². The Hall–Kier alpha value is -2.52. The van der Waals surface area contributed by atoms with Crippen LogP contribution in [0.1, 0.15) is 11.1 Å². The number of carbonyl (C=O) groups excluding carboxylic acids is 2. The van der Waals surface area contributed by atoms with Crippen molar-refractivity contribution >= 4 is 52.2 Å². The molecule has 3 amide bonds. The number of benzene rings is 2. The van der Waals surface area contributed by atoms with Gasteiger partial charge < -0.3 is 14.8 Å². The number of rotatable bonds is 7. The van der Waals surface area contributed by atoms with Crippen LogP contribution >= 0.6 is 34.2 Å². The zero-order valence-corrected chi connectivity index (χ0v) is 18.5. The van der Waals surface area contributed by atoms with Gasteiger partial charge in [0.15, 0.2) is 11.5 Å². The Bertz CT molecular complexity index is 1010. The van der Waals surface area contributed by atoms with E-state index in [4.69, 9.17) is 21.1 Å². The van der Waals surface area contributed by atoms with Crippen LogP contribution in [0.25, 0.3) is 6.08 Å². The Morgan fingerprint density at radius 1 is 1.28 bits per heavy atom. The average molecular weight is 525 g/mol. The lowest BCUT2D eigenvalue weighted by Gasteiger charge is -2.14. The number of nitrogens with one attached hydrogen (secondary N) is 1. The topological polar surface area (TPSA) is 67.9 Å². The first-order valence-electron chi connectivity index (χ1n) is 8.63. The first kappa shape index (κ1) is 21.2. The highest BCUT2D eigenvalue weighted by Crippen LogP contribution is 2.35. The Labute approximate surface area is 187 Å². The smallest absolute Gasteiger partial charge is 0.329 e. The molecule has 0 atom stereocenters. The van der Waals surface area contributed by atoms with Crippen LogP contribution in [0.15, 0.2) is 54.8 Å². The van der Waals surface area contributed by atoms with Crippen molar-refractivity contribution in [3.8, 4) is 11.5 Å². The summed E-state index contributed by atoms with van der Waals surface area (Å²) >= 11 is 8.32. The molecule has 29 heavy (non-hydrogen) atoms. The third-order valence-electron chi connectivity index (χ3n) is 4.17. The molecule has 1 heterocycles. The van der Waals surface area contributed by atoms with Gasteiger partial charge in [-0.1, -0.05) is 35.9 Å².